The minimum atomic E-state index is -0.549. The highest BCUT2D eigenvalue weighted by Gasteiger charge is 2.24. The predicted molar refractivity (Wildman–Crippen MR) is 130 cm³/mol. The zero-order valence-corrected chi connectivity index (χ0v) is 20.1. The molecule has 11 heteroatoms. The van der Waals surface area contributed by atoms with Crippen LogP contribution >= 0.6 is 11.8 Å². The Kier molecular flexibility index (Phi) is 8.00. The van der Waals surface area contributed by atoms with E-state index in [-0.39, 0.29) is 28.8 Å². The number of nitrogens with zero attached hydrogens (tertiary/aromatic N) is 3. The number of nitrogens with one attached hydrogen (secondary N) is 3. The summed E-state index contributed by atoms with van der Waals surface area (Å²) in [6.45, 7) is 7.74. The molecule has 3 aromatic rings. The van der Waals surface area contributed by atoms with Crippen LogP contribution in [-0.4, -0.2) is 37.7 Å². The molecule has 2 aromatic carbocycles. The fourth-order valence-electron chi connectivity index (χ4n) is 3.27. The van der Waals surface area contributed by atoms with Crippen LogP contribution in [0.4, 0.5) is 11.4 Å². The number of carbonyl (C=O) groups excluding carboxylic acids is 2. The van der Waals surface area contributed by atoms with Crippen LogP contribution in [0, 0.1) is 29.9 Å². The number of anilines is 1. The second kappa shape index (κ2) is 10.9. The number of benzene rings is 2. The number of amides is 2. The number of H-pyrrole nitrogens is 1. The lowest BCUT2D eigenvalue weighted by molar-refractivity contribution is -0.384. The molecule has 2 amide bonds. The quantitative estimate of drug-likeness (QED) is 0.236. The van der Waals surface area contributed by atoms with Gasteiger partial charge in [0.2, 0.25) is 11.1 Å². The van der Waals surface area contributed by atoms with Crippen molar-refractivity contribution in [3.05, 3.63) is 75.1 Å². The number of hydrogen-bond acceptors (Lipinski definition) is 7. The van der Waals surface area contributed by atoms with Gasteiger partial charge in [0.25, 0.3) is 11.6 Å². The Morgan fingerprint density at radius 2 is 1.94 bits per heavy atom. The summed E-state index contributed by atoms with van der Waals surface area (Å²) in [6.07, 6.45) is 0. The van der Waals surface area contributed by atoms with Crippen LogP contribution in [0.15, 0.2) is 47.6 Å². The molecule has 0 aliphatic heterocycles. The number of non-ortho nitro benzene ring substituents is 1. The first-order valence-corrected chi connectivity index (χ1v) is 11.6. The number of nitro benzene ring substituents is 1. The van der Waals surface area contributed by atoms with Gasteiger partial charge in [0.15, 0.2) is 0 Å². The maximum Gasteiger partial charge on any atom is 0.270 e. The molecule has 0 saturated carbocycles. The molecule has 34 heavy (non-hydrogen) atoms. The van der Waals surface area contributed by atoms with Gasteiger partial charge in [-0.25, -0.2) is 4.98 Å². The van der Waals surface area contributed by atoms with Crippen LogP contribution in [0.3, 0.4) is 0 Å². The molecule has 0 unspecified atom stereocenters. The largest absolute Gasteiger partial charge is 0.342 e. The van der Waals surface area contributed by atoms with Crippen molar-refractivity contribution < 1.29 is 14.5 Å². The fourth-order valence-corrected chi connectivity index (χ4v) is 3.87. The lowest BCUT2D eigenvalue weighted by Crippen LogP contribution is -2.32. The Balaban J connectivity index is 1.63. The normalized spacial score (nSPS) is 11.8. The molecule has 0 aliphatic rings. The molecule has 1 heterocycles. The van der Waals surface area contributed by atoms with E-state index in [1.165, 1.54) is 36.0 Å². The predicted octanol–water partition coefficient (Wildman–Crippen LogP) is 4.19. The van der Waals surface area contributed by atoms with Gasteiger partial charge in [-0.1, -0.05) is 49.4 Å². The Bertz CT molecular complexity index is 1210. The van der Waals surface area contributed by atoms with Gasteiger partial charge >= 0.3 is 0 Å². The van der Waals surface area contributed by atoms with E-state index in [9.17, 15) is 19.7 Å². The van der Waals surface area contributed by atoms with Crippen molar-refractivity contribution in [3.63, 3.8) is 0 Å². The average Bonchev–Trinajstić information content (AvgIpc) is 3.26. The molecule has 1 aromatic heterocycles. The molecular formula is C23H26N6O4S. The third-order valence-corrected chi connectivity index (χ3v) is 5.88. The molecule has 1 atom stereocenters. The second-order valence-electron chi connectivity index (χ2n) is 8.16. The van der Waals surface area contributed by atoms with Crippen molar-refractivity contribution in [2.24, 2.45) is 5.92 Å². The van der Waals surface area contributed by atoms with Gasteiger partial charge in [-0.3, -0.25) is 24.8 Å². The Morgan fingerprint density at radius 3 is 2.62 bits per heavy atom. The molecule has 0 radical (unpaired) electrons. The van der Waals surface area contributed by atoms with Gasteiger partial charge in [-0.2, -0.15) is 0 Å². The van der Waals surface area contributed by atoms with Crippen LogP contribution in [0.2, 0.25) is 0 Å². The lowest BCUT2D eigenvalue weighted by Gasteiger charge is -2.19. The minimum absolute atomic E-state index is 0.0405. The summed E-state index contributed by atoms with van der Waals surface area (Å²) in [4.78, 5) is 39.9. The van der Waals surface area contributed by atoms with E-state index in [0.29, 0.717) is 11.0 Å². The number of hydrogen-bond donors (Lipinski definition) is 3. The molecule has 0 saturated heterocycles. The third kappa shape index (κ3) is 6.41. The summed E-state index contributed by atoms with van der Waals surface area (Å²) in [7, 11) is 0. The number of aryl methyl sites for hydroxylation is 2. The van der Waals surface area contributed by atoms with Crippen molar-refractivity contribution in [2.75, 3.05) is 11.1 Å². The topological polar surface area (TPSA) is 143 Å². The maximum atomic E-state index is 12.7. The van der Waals surface area contributed by atoms with Gasteiger partial charge in [0, 0.05) is 23.4 Å². The monoisotopic (exact) mass is 482 g/mol. The lowest BCUT2D eigenvalue weighted by atomic mass is 10.0. The summed E-state index contributed by atoms with van der Waals surface area (Å²) in [5.41, 5.74) is 2.88. The highest BCUT2D eigenvalue weighted by atomic mass is 32.2. The molecule has 3 rings (SSSR count). The van der Waals surface area contributed by atoms with Crippen molar-refractivity contribution in [3.8, 4) is 0 Å². The molecule has 3 N–H and O–H groups in total. The zero-order valence-electron chi connectivity index (χ0n) is 19.3. The Morgan fingerprint density at radius 1 is 1.18 bits per heavy atom. The van der Waals surface area contributed by atoms with Crippen LogP contribution in [0.25, 0.3) is 0 Å². The highest BCUT2D eigenvalue weighted by Crippen LogP contribution is 2.23. The molecule has 0 bridgehead atoms. The van der Waals surface area contributed by atoms with Gasteiger partial charge in [0.1, 0.15) is 5.82 Å². The standard InChI is InChI=1S/C23H26N6O4S/c1-13(2)20(25-22(31)16-6-5-7-17(11-16)29(32)33)21-26-23(28-27-21)34-12-19(30)24-18-9-8-14(3)10-15(18)4/h5-11,13,20H,12H2,1-4H3,(H,24,30)(H,25,31)(H,26,27,28)/t20-/m1/s1. The second-order valence-corrected chi connectivity index (χ2v) is 9.10. The number of aromatic amines is 1. The van der Waals surface area contributed by atoms with Gasteiger partial charge in [-0.15, -0.1) is 5.10 Å². The summed E-state index contributed by atoms with van der Waals surface area (Å²) in [5, 5.41) is 24.1. The molecular weight excluding hydrogens is 456 g/mol. The van der Waals surface area contributed by atoms with Gasteiger partial charge in [-0.05, 0) is 37.5 Å². The van der Waals surface area contributed by atoms with Crippen molar-refractivity contribution in [1.82, 2.24) is 20.5 Å². The zero-order chi connectivity index (χ0) is 24.8. The smallest absolute Gasteiger partial charge is 0.270 e. The van der Waals surface area contributed by atoms with E-state index < -0.39 is 16.9 Å². The molecule has 0 aliphatic carbocycles. The van der Waals surface area contributed by atoms with Crippen LogP contribution in [-0.2, 0) is 4.79 Å². The Labute approximate surface area is 201 Å². The fraction of sp³-hybridized carbons (Fsp3) is 0.304. The minimum Gasteiger partial charge on any atom is -0.342 e. The first kappa shape index (κ1) is 24.9. The summed E-state index contributed by atoms with van der Waals surface area (Å²) >= 11 is 1.17. The van der Waals surface area contributed by atoms with Crippen molar-refractivity contribution in [1.29, 1.82) is 0 Å². The summed E-state index contributed by atoms with van der Waals surface area (Å²) in [5.74, 6) is -0.118. The maximum absolute atomic E-state index is 12.7. The van der Waals surface area contributed by atoms with Crippen molar-refractivity contribution >= 4 is 35.0 Å². The summed E-state index contributed by atoms with van der Waals surface area (Å²) in [6, 6.07) is 10.8. The molecule has 178 valence electrons. The van der Waals surface area contributed by atoms with Gasteiger partial charge < -0.3 is 10.6 Å². The van der Waals surface area contributed by atoms with Crippen LogP contribution in [0.5, 0.6) is 0 Å². The van der Waals surface area contributed by atoms with Crippen molar-refractivity contribution in [2.45, 2.75) is 38.9 Å². The molecule has 0 spiro atoms. The third-order valence-electron chi connectivity index (χ3n) is 5.04. The molecule has 10 nitrogen and oxygen atoms in total. The molecule has 0 fully saturated rings. The first-order chi connectivity index (χ1) is 16.1. The van der Waals surface area contributed by atoms with Crippen LogP contribution in [0.1, 0.15) is 47.2 Å². The van der Waals surface area contributed by atoms with E-state index in [1.807, 2.05) is 45.9 Å². The number of nitro groups is 1. The van der Waals surface area contributed by atoms with Crippen LogP contribution < -0.4 is 10.6 Å². The number of thioether (sulfide) groups is 1. The van der Waals surface area contributed by atoms with E-state index in [4.69, 9.17) is 0 Å². The highest BCUT2D eigenvalue weighted by molar-refractivity contribution is 7.99. The van der Waals surface area contributed by atoms with Gasteiger partial charge in [0.05, 0.1) is 16.7 Å². The van der Waals surface area contributed by atoms with E-state index in [2.05, 4.69) is 25.8 Å². The number of carbonyl (C=O) groups is 2. The number of aromatic nitrogens is 3. The first-order valence-electron chi connectivity index (χ1n) is 10.6. The summed E-state index contributed by atoms with van der Waals surface area (Å²) < 4.78 is 0. The van der Waals surface area contributed by atoms with E-state index in [1.54, 1.807) is 0 Å². The van der Waals surface area contributed by atoms with E-state index >= 15 is 0 Å². The SMILES string of the molecule is Cc1ccc(NC(=O)CSc2n[nH]c([C@H](NC(=O)c3cccc([N+](=O)[O-])c3)C(C)C)n2)c(C)c1. The average molecular weight is 483 g/mol. The Hall–Kier alpha value is -3.73. The van der Waals surface area contributed by atoms with E-state index in [0.717, 1.165) is 16.8 Å². The number of rotatable bonds is 9.